The van der Waals surface area contributed by atoms with E-state index in [0.717, 1.165) is 83.6 Å². The van der Waals surface area contributed by atoms with Crippen LogP contribution in [-0.2, 0) is 13.2 Å². The van der Waals surface area contributed by atoms with Gasteiger partial charge in [0.2, 0.25) is 0 Å². The molecule has 4 aromatic rings. The fourth-order valence-corrected chi connectivity index (χ4v) is 6.52. The van der Waals surface area contributed by atoms with Gasteiger partial charge in [-0.1, -0.05) is 49.2 Å². The van der Waals surface area contributed by atoms with Gasteiger partial charge in [0.15, 0.2) is 0 Å². The van der Waals surface area contributed by atoms with Gasteiger partial charge in [0.05, 0.1) is 11.3 Å². The van der Waals surface area contributed by atoms with Gasteiger partial charge in [-0.15, -0.1) is 0 Å². The molecule has 7 heteroatoms. The lowest BCUT2D eigenvalue weighted by molar-refractivity contribution is 0.0697. The highest BCUT2D eigenvalue weighted by atomic mass is 19.1. The zero-order chi connectivity index (χ0) is 28.5. The summed E-state index contributed by atoms with van der Waals surface area (Å²) in [4.78, 5) is 16.5. The summed E-state index contributed by atoms with van der Waals surface area (Å²) < 4.78 is 24.2. The van der Waals surface area contributed by atoms with Crippen LogP contribution in [0.2, 0.25) is 0 Å². The fraction of sp³-hybridized carbons (Fsp3) is 0.382. The molecule has 2 atom stereocenters. The van der Waals surface area contributed by atoms with E-state index in [0.29, 0.717) is 19.6 Å². The maximum Gasteiger partial charge on any atom is 0.335 e. The first kappa shape index (κ1) is 27.3. The second kappa shape index (κ2) is 11.6. The van der Waals surface area contributed by atoms with E-state index >= 15 is 4.39 Å². The number of anilines is 1. The quantitative estimate of drug-likeness (QED) is 0.255. The van der Waals surface area contributed by atoms with Crippen molar-refractivity contribution >= 4 is 22.6 Å². The van der Waals surface area contributed by atoms with Gasteiger partial charge in [-0.25, -0.2) is 9.18 Å². The second-order valence-electron chi connectivity index (χ2n) is 11.6. The van der Waals surface area contributed by atoms with E-state index in [2.05, 4.69) is 52.7 Å². The number of aromatic nitrogens is 1. The summed E-state index contributed by atoms with van der Waals surface area (Å²) >= 11 is 0. The van der Waals surface area contributed by atoms with Crippen LogP contribution < -0.4 is 9.64 Å². The van der Waals surface area contributed by atoms with E-state index in [1.54, 1.807) is 12.1 Å². The number of fused-ring (bicyclic) bond motifs is 5. The van der Waals surface area contributed by atoms with Gasteiger partial charge < -0.3 is 24.2 Å². The molecule has 6 rings (SSSR count). The highest BCUT2D eigenvalue weighted by Crippen LogP contribution is 2.48. The molecule has 214 valence electrons. The molecule has 1 aliphatic carbocycles. The summed E-state index contributed by atoms with van der Waals surface area (Å²) in [6.07, 6.45) is 2.36. The zero-order valence-electron chi connectivity index (χ0n) is 23.9. The van der Waals surface area contributed by atoms with Crippen molar-refractivity contribution in [3.8, 4) is 17.0 Å². The normalized spacial score (nSPS) is 18.7. The number of carboxylic acids is 1. The van der Waals surface area contributed by atoms with Crippen LogP contribution in [0.5, 0.6) is 5.75 Å². The van der Waals surface area contributed by atoms with Crippen molar-refractivity contribution in [1.29, 1.82) is 0 Å². The maximum absolute atomic E-state index is 15.7. The molecule has 1 N–H and O–H groups in total. The Hall–Kier alpha value is -3.84. The highest BCUT2D eigenvalue weighted by Gasteiger charge is 2.35. The molecule has 0 bridgehead atoms. The van der Waals surface area contributed by atoms with Crippen LogP contribution in [-0.4, -0.2) is 60.4 Å². The van der Waals surface area contributed by atoms with E-state index < -0.39 is 12.1 Å². The van der Waals surface area contributed by atoms with Crippen molar-refractivity contribution in [2.24, 2.45) is 0 Å². The molecule has 2 aliphatic rings. The first-order chi connectivity index (χ1) is 19.9. The number of hydrogen-bond donors (Lipinski definition) is 1. The van der Waals surface area contributed by atoms with E-state index in [1.807, 2.05) is 30.3 Å². The van der Waals surface area contributed by atoms with Crippen molar-refractivity contribution in [2.75, 3.05) is 38.6 Å². The smallest absolute Gasteiger partial charge is 0.335 e. The Balaban J connectivity index is 1.52. The monoisotopic (exact) mass is 555 g/mol. The summed E-state index contributed by atoms with van der Waals surface area (Å²) in [5.74, 6) is -0.372. The molecule has 6 nitrogen and oxygen atoms in total. The predicted molar refractivity (Wildman–Crippen MR) is 162 cm³/mol. The Kier molecular flexibility index (Phi) is 7.71. The molecule has 3 aromatic carbocycles. The third-order valence-corrected chi connectivity index (χ3v) is 8.63. The first-order valence-corrected chi connectivity index (χ1v) is 14.6. The highest BCUT2D eigenvalue weighted by molar-refractivity contribution is 5.99. The van der Waals surface area contributed by atoms with Crippen molar-refractivity contribution < 1.29 is 19.0 Å². The minimum absolute atomic E-state index is 0.214. The third kappa shape index (κ3) is 5.43. The molecule has 1 aromatic heterocycles. The summed E-state index contributed by atoms with van der Waals surface area (Å²) in [5.41, 5.74) is 6.40. The number of carboxylic acid groups (broad SMARTS) is 1. The van der Waals surface area contributed by atoms with Gasteiger partial charge in [0.25, 0.3) is 0 Å². The summed E-state index contributed by atoms with van der Waals surface area (Å²) in [5, 5.41) is 10.8. The number of hydrogen-bond acceptors (Lipinski definition) is 4. The predicted octanol–water partition coefficient (Wildman–Crippen LogP) is 6.96. The molecule has 0 saturated heterocycles. The van der Waals surface area contributed by atoms with Crippen LogP contribution in [0, 0.1) is 0 Å². The van der Waals surface area contributed by atoms with Gasteiger partial charge in [0.1, 0.15) is 18.5 Å². The van der Waals surface area contributed by atoms with Crippen LogP contribution >= 0.6 is 0 Å². The molecule has 2 heterocycles. The maximum atomic E-state index is 15.7. The zero-order valence-corrected chi connectivity index (χ0v) is 23.9. The minimum Gasteiger partial charge on any atom is -0.489 e. The number of alkyl halides is 1. The number of benzene rings is 3. The van der Waals surface area contributed by atoms with E-state index in [1.165, 1.54) is 0 Å². The minimum atomic E-state index is -0.952. The molecular weight excluding hydrogens is 517 g/mol. The van der Waals surface area contributed by atoms with E-state index in [4.69, 9.17) is 4.74 Å². The SMILES string of the molecule is CN(C)CCN1CCn2c(c(C3CCCCC3F)c3ccc(C(=O)O)cc32)-c2ccc(OCc3ccccc3)cc21. The Morgan fingerprint density at radius 2 is 1.83 bits per heavy atom. The van der Waals surface area contributed by atoms with Gasteiger partial charge in [-0.2, -0.15) is 0 Å². The number of ether oxygens (including phenoxy) is 1. The number of carbonyl (C=O) groups is 1. The average molecular weight is 556 g/mol. The number of nitrogens with zero attached hydrogens (tertiary/aromatic N) is 3. The molecule has 0 amide bonds. The fourth-order valence-electron chi connectivity index (χ4n) is 6.52. The first-order valence-electron chi connectivity index (χ1n) is 14.6. The van der Waals surface area contributed by atoms with Crippen LogP contribution in [0.1, 0.15) is 53.1 Å². The summed E-state index contributed by atoms with van der Waals surface area (Å²) in [6.45, 7) is 3.62. The Bertz CT molecular complexity index is 1550. The second-order valence-corrected chi connectivity index (χ2v) is 11.6. The molecular formula is C34H38FN3O3. The molecule has 0 radical (unpaired) electrons. The number of rotatable bonds is 8. The summed E-state index contributed by atoms with van der Waals surface area (Å²) in [7, 11) is 4.15. The van der Waals surface area contributed by atoms with Crippen molar-refractivity contribution in [2.45, 2.75) is 50.9 Å². The Morgan fingerprint density at radius 1 is 1.02 bits per heavy atom. The van der Waals surface area contributed by atoms with Gasteiger partial charge in [-0.3, -0.25) is 0 Å². The molecule has 0 spiro atoms. The Morgan fingerprint density at radius 3 is 2.59 bits per heavy atom. The van der Waals surface area contributed by atoms with Crippen LogP contribution in [0.25, 0.3) is 22.2 Å². The Labute approximate surface area is 240 Å². The number of likely N-dealkylation sites (N-methyl/N-ethyl adjacent to an activating group) is 1. The van der Waals surface area contributed by atoms with E-state index in [-0.39, 0.29) is 11.5 Å². The molecule has 2 unspecified atom stereocenters. The lowest BCUT2D eigenvalue weighted by atomic mass is 9.80. The lowest BCUT2D eigenvalue weighted by Gasteiger charge is -2.29. The largest absolute Gasteiger partial charge is 0.489 e. The topological polar surface area (TPSA) is 57.9 Å². The van der Waals surface area contributed by atoms with E-state index in [9.17, 15) is 9.90 Å². The van der Waals surface area contributed by atoms with Crippen molar-refractivity contribution in [1.82, 2.24) is 9.47 Å². The van der Waals surface area contributed by atoms with Crippen LogP contribution in [0.3, 0.4) is 0 Å². The number of aromatic carboxylic acids is 1. The van der Waals surface area contributed by atoms with Crippen molar-refractivity contribution in [3.05, 3.63) is 83.4 Å². The summed E-state index contributed by atoms with van der Waals surface area (Å²) in [6, 6.07) is 21.7. The lowest BCUT2D eigenvalue weighted by Crippen LogP contribution is -2.33. The molecule has 1 fully saturated rings. The van der Waals surface area contributed by atoms with Crippen molar-refractivity contribution in [3.63, 3.8) is 0 Å². The van der Waals surface area contributed by atoms with Crippen LogP contribution in [0.4, 0.5) is 10.1 Å². The number of halogens is 1. The third-order valence-electron chi connectivity index (χ3n) is 8.63. The van der Waals surface area contributed by atoms with Gasteiger partial charge in [0, 0.05) is 60.3 Å². The van der Waals surface area contributed by atoms with Gasteiger partial charge in [-0.05, 0) is 62.3 Å². The molecule has 41 heavy (non-hydrogen) atoms. The molecule has 1 aliphatic heterocycles. The van der Waals surface area contributed by atoms with Crippen LogP contribution in [0.15, 0.2) is 66.7 Å². The van der Waals surface area contributed by atoms with Gasteiger partial charge >= 0.3 is 5.97 Å². The molecule has 1 saturated carbocycles. The average Bonchev–Trinajstić information content (AvgIpc) is 3.20. The standard InChI is InChI=1S/C34H38FN3O3/c1-36(2)16-17-37-18-19-38-31-20-24(34(39)40)12-14-27(31)32(26-10-6-7-11-29(26)35)33(38)28-15-13-25(21-30(28)37)41-22-23-8-4-3-5-9-23/h3-5,8-9,12-15,20-21,26,29H,6-7,10-11,16-19,22H2,1-2H3,(H,39,40).